The second kappa shape index (κ2) is 3.22. The van der Waals surface area contributed by atoms with Crippen molar-refractivity contribution >= 4 is 5.97 Å². The van der Waals surface area contributed by atoms with Crippen molar-refractivity contribution in [1.82, 2.24) is 0 Å². The molecule has 2 aliphatic rings. The molecule has 0 aromatic heterocycles. The van der Waals surface area contributed by atoms with E-state index in [0.717, 1.165) is 18.4 Å². The third-order valence-corrected chi connectivity index (χ3v) is 3.10. The van der Waals surface area contributed by atoms with E-state index < -0.39 is 5.79 Å². The SMILES string of the molecule is COc1ccc2c(c1)C1(CCCO1)OC2=O. The number of hydrogen-bond acceptors (Lipinski definition) is 4. The lowest BCUT2D eigenvalue weighted by atomic mass is 10.00. The summed E-state index contributed by atoms with van der Waals surface area (Å²) in [6.45, 7) is 0.629. The van der Waals surface area contributed by atoms with Gasteiger partial charge in [0.1, 0.15) is 5.75 Å². The fourth-order valence-corrected chi connectivity index (χ4v) is 2.31. The molecule has 1 spiro atoms. The van der Waals surface area contributed by atoms with E-state index in [1.807, 2.05) is 6.07 Å². The molecule has 0 saturated carbocycles. The molecule has 1 fully saturated rings. The van der Waals surface area contributed by atoms with Crippen LogP contribution < -0.4 is 4.74 Å². The summed E-state index contributed by atoms with van der Waals surface area (Å²) >= 11 is 0. The van der Waals surface area contributed by atoms with Crippen LogP contribution in [-0.2, 0) is 15.3 Å². The van der Waals surface area contributed by atoms with Gasteiger partial charge in [0.25, 0.3) is 0 Å². The van der Waals surface area contributed by atoms with Gasteiger partial charge >= 0.3 is 5.97 Å². The highest BCUT2D eigenvalue weighted by atomic mass is 16.7. The zero-order valence-corrected chi connectivity index (χ0v) is 8.99. The summed E-state index contributed by atoms with van der Waals surface area (Å²) in [6.07, 6.45) is 1.63. The number of rotatable bonds is 1. The molecule has 84 valence electrons. The third kappa shape index (κ3) is 1.16. The normalized spacial score (nSPS) is 26.9. The molecule has 16 heavy (non-hydrogen) atoms. The molecule has 1 aromatic rings. The molecular formula is C12H12O4. The fourth-order valence-electron chi connectivity index (χ4n) is 2.31. The van der Waals surface area contributed by atoms with E-state index in [1.54, 1.807) is 19.2 Å². The maximum absolute atomic E-state index is 11.7. The zero-order chi connectivity index (χ0) is 11.2. The molecule has 0 bridgehead atoms. The molecule has 1 saturated heterocycles. The Hall–Kier alpha value is -1.55. The quantitative estimate of drug-likeness (QED) is 0.677. The molecule has 4 nitrogen and oxygen atoms in total. The van der Waals surface area contributed by atoms with Gasteiger partial charge in [0.15, 0.2) is 0 Å². The fraction of sp³-hybridized carbons (Fsp3) is 0.417. The van der Waals surface area contributed by atoms with E-state index in [9.17, 15) is 4.79 Å². The number of methoxy groups -OCH3 is 1. The Labute approximate surface area is 93.1 Å². The van der Waals surface area contributed by atoms with Gasteiger partial charge in [-0.1, -0.05) is 0 Å². The first kappa shape index (κ1) is 9.66. The van der Waals surface area contributed by atoms with Crippen LogP contribution in [0.25, 0.3) is 0 Å². The van der Waals surface area contributed by atoms with Crippen LogP contribution in [0.1, 0.15) is 28.8 Å². The van der Waals surface area contributed by atoms with Gasteiger partial charge in [0.2, 0.25) is 5.79 Å². The Bertz CT molecular complexity index is 446. The largest absolute Gasteiger partial charge is 0.497 e. The first-order valence-corrected chi connectivity index (χ1v) is 5.31. The minimum atomic E-state index is -0.846. The molecule has 0 amide bonds. The van der Waals surface area contributed by atoms with E-state index in [2.05, 4.69) is 0 Å². The Morgan fingerprint density at radius 2 is 2.31 bits per heavy atom. The van der Waals surface area contributed by atoms with Gasteiger partial charge in [-0.3, -0.25) is 0 Å². The molecular weight excluding hydrogens is 208 g/mol. The number of ether oxygens (including phenoxy) is 3. The van der Waals surface area contributed by atoms with Crippen LogP contribution in [0.15, 0.2) is 18.2 Å². The van der Waals surface area contributed by atoms with E-state index in [-0.39, 0.29) is 5.97 Å². The van der Waals surface area contributed by atoms with Crippen LogP contribution in [0.4, 0.5) is 0 Å². The van der Waals surface area contributed by atoms with Crippen molar-refractivity contribution < 1.29 is 19.0 Å². The third-order valence-electron chi connectivity index (χ3n) is 3.10. The van der Waals surface area contributed by atoms with Crippen LogP contribution in [0, 0.1) is 0 Å². The van der Waals surface area contributed by atoms with E-state index in [4.69, 9.17) is 14.2 Å². The summed E-state index contributed by atoms with van der Waals surface area (Å²) in [7, 11) is 1.60. The average Bonchev–Trinajstić information content (AvgIpc) is 2.87. The van der Waals surface area contributed by atoms with Crippen molar-refractivity contribution in [2.75, 3.05) is 13.7 Å². The van der Waals surface area contributed by atoms with Gasteiger partial charge < -0.3 is 14.2 Å². The van der Waals surface area contributed by atoms with E-state index >= 15 is 0 Å². The molecule has 2 heterocycles. The zero-order valence-electron chi connectivity index (χ0n) is 8.99. The summed E-state index contributed by atoms with van der Waals surface area (Å²) in [5, 5.41) is 0. The van der Waals surface area contributed by atoms with Crippen LogP contribution in [-0.4, -0.2) is 19.7 Å². The Kier molecular flexibility index (Phi) is 1.94. The second-order valence-electron chi connectivity index (χ2n) is 4.01. The maximum atomic E-state index is 11.7. The van der Waals surface area contributed by atoms with Crippen molar-refractivity contribution in [3.05, 3.63) is 29.3 Å². The highest BCUT2D eigenvalue weighted by Crippen LogP contribution is 2.45. The number of carbonyl (C=O) groups is 1. The molecule has 4 heteroatoms. The van der Waals surface area contributed by atoms with Crippen molar-refractivity contribution in [3.63, 3.8) is 0 Å². The first-order valence-electron chi connectivity index (χ1n) is 5.31. The Morgan fingerprint density at radius 3 is 3.00 bits per heavy atom. The standard InChI is InChI=1S/C12H12O4/c1-14-8-3-4-9-10(7-8)12(16-11(9)13)5-2-6-15-12/h3-4,7H,2,5-6H2,1H3. The molecule has 0 aliphatic carbocycles. The molecule has 3 rings (SSSR count). The van der Waals surface area contributed by atoms with Gasteiger partial charge in [-0.15, -0.1) is 0 Å². The average molecular weight is 220 g/mol. The van der Waals surface area contributed by atoms with Gasteiger partial charge in [-0.2, -0.15) is 0 Å². The highest BCUT2D eigenvalue weighted by molar-refractivity contribution is 5.94. The lowest BCUT2D eigenvalue weighted by molar-refractivity contribution is -0.172. The molecule has 0 N–H and O–H groups in total. The number of fused-ring (bicyclic) bond motifs is 2. The predicted octanol–water partition coefficient (Wildman–Crippen LogP) is 1.83. The van der Waals surface area contributed by atoms with Gasteiger partial charge in [-0.05, 0) is 24.6 Å². The first-order chi connectivity index (χ1) is 7.75. The lowest BCUT2D eigenvalue weighted by Crippen LogP contribution is -2.24. The topological polar surface area (TPSA) is 44.8 Å². The van der Waals surface area contributed by atoms with Crippen LogP contribution in [0.5, 0.6) is 5.75 Å². The minimum Gasteiger partial charge on any atom is -0.497 e. The summed E-state index contributed by atoms with van der Waals surface area (Å²) in [5.41, 5.74) is 1.39. The second-order valence-corrected chi connectivity index (χ2v) is 4.01. The highest BCUT2D eigenvalue weighted by Gasteiger charge is 2.49. The van der Waals surface area contributed by atoms with Crippen LogP contribution in [0.2, 0.25) is 0 Å². The van der Waals surface area contributed by atoms with Crippen LogP contribution >= 0.6 is 0 Å². The van der Waals surface area contributed by atoms with Gasteiger partial charge in [0.05, 0.1) is 19.3 Å². The number of hydrogen-bond donors (Lipinski definition) is 0. The number of carbonyl (C=O) groups excluding carboxylic acids is 1. The molecule has 1 aromatic carbocycles. The van der Waals surface area contributed by atoms with Gasteiger partial charge in [-0.25, -0.2) is 4.79 Å². The van der Waals surface area contributed by atoms with Crippen molar-refractivity contribution in [1.29, 1.82) is 0 Å². The lowest BCUT2D eigenvalue weighted by Gasteiger charge is -2.21. The Morgan fingerprint density at radius 1 is 1.44 bits per heavy atom. The van der Waals surface area contributed by atoms with Gasteiger partial charge in [0, 0.05) is 12.0 Å². The smallest absolute Gasteiger partial charge is 0.341 e. The van der Waals surface area contributed by atoms with Crippen molar-refractivity contribution in [3.8, 4) is 5.75 Å². The molecule has 1 atom stereocenters. The summed E-state index contributed by atoms with van der Waals surface area (Å²) in [4.78, 5) is 11.7. The molecule has 2 aliphatic heterocycles. The minimum absolute atomic E-state index is 0.306. The molecule has 1 unspecified atom stereocenters. The van der Waals surface area contributed by atoms with Crippen molar-refractivity contribution in [2.24, 2.45) is 0 Å². The van der Waals surface area contributed by atoms with E-state index in [0.29, 0.717) is 17.9 Å². The monoisotopic (exact) mass is 220 g/mol. The number of esters is 1. The van der Waals surface area contributed by atoms with Crippen molar-refractivity contribution in [2.45, 2.75) is 18.6 Å². The summed E-state index contributed by atoms with van der Waals surface area (Å²) in [6, 6.07) is 5.31. The molecule has 0 radical (unpaired) electrons. The predicted molar refractivity (Wildman–Crippen MR) is 55.3 cm³/mol. The summed E-state index contributed by atoms with van der Waals surface area (Å²) in [5.74, 6) is -0.437. The summed E-state index contributed by atoms with van der Waals surface area (Å²) < 4.78 is 16.1. The number of benzene rings is 1. The Balaban J connectivity index is 2.14. The maximum Gasteiger partial charge on any atom is 0.341 e. The van der Waals surface area contributed by atoms with E-state index in [1.165, 1.54) is 0 Å². The van der Waals surface area contributed by atoms with Crippen LogP contribution in [0.3, 0.4) is 0 Å².